The van der Waals surface area contributed by atoms with Gasteiger partial charge in [0.25, 0.3) is 5.91 Å². The highest BCUT2D eigenvalue weighted by molar-refractivity contribution is 5.95. The molecule has 3 aromatic rings. The average molecular weight is 387 g/mol. The Hall–Kier alpha value is -2.92. The molecule has 1 fully saturated rings. The number of ether oxygens (including phenoxy) is 1. The molecule has 148 valence electrons. The number of hydrogen-bond acceptors (Lipinski definition) is 4. The Morgan fingerprint density at radius 1 is 1.07 bits per heavy atom. The zero-order valence-electron chi connectivity index (χ0n) is 16.6. The van der Waals surface area contributed by atoms with E-state index in [4.69, 9.17) is 4.74 Å². The van der Waals surface area contributed by atoms with Crippen LogP contribution in [0.4, 0.5) is 0 Å². The topological polar surface area (TPSA) is 54.5 Å². The number of amides is 1. The normalized spacial score (nSPS) is 20.8. The highest BCUT2D eigenvalue weighted by Gasteiger charge is 2.43. The Morgan fingerprint density at radius 3 is 2.69 bits per heavy atom. The Kier molecular flexibility index (Phi) is 4.47. The van der Waals surface area contributed by atoms with Crippen LogP contribution in [0.3, 0.4) is 0 Å². The van der Waals surface area contributed by atoms with E-state index >= 15 is 0 Å². The molecule has 2 aromatic carbocycles. The summed E-state index contributed by atoms with van der Waals surface area (Å²) < 4.78 is 6.49. The summed E-state index contributed by atoms with van der Waals surface area (Å²) in [4.78, 5) is 20.0. The Labute approximate surface area is 170 Å². The van der Waals surface area contributed by atoms with Gasteiger partial charge in [0.2, 0.25) is 0 Å². The van der Waals surface area contributed by atoms with Crippen molar-refractivity contribution < 1.29 is 9.53 Å². The van der Waals surface area contributed by atoms with Crippen LogP contribution in [0.15, 0.2) is 60.7 Å². The number of piperidine rings is 1. The lowest BCUT2D eigenvalue weighted by atomic mass is 9.80. The van der Waals surface area contributed by atoms with Crippen molar-refractivity contribution in [1.82, 2.24) is 15.2 Å². The highest BCUT2D eigenvalue weighted by Crippen LogP contribution is 2.44. The van der Waals surface area contributed by atoms with Crippen molar-refractivity contribution in [3.63, 3.8) is 0 Å². The molecule has 5 nitrogen and oxygen atoms in total. The molecule has 0 bridgehead atoms. The molecule has 0 saturated carbocycles. The van der Waals surface area contributed by atoms with Gasteiger partial charge in [-0.1, -0.05) is 42.5 Å². The number of nitrogens with one attached hydrogen (secondary N) is 1. The van der Waals surface area contributed by atoms with Gasteiger partial charge in [-0.15, -0.1) is 0 Å². The van der Waals surface area contributed by atoms with Crippen LogP contribution in [-0.2, 0) is 0 Å². The van der Waals surface area contributed by atoms with E-state index in [1.54, 1.807) is 6.07 Å². The molecule has 0 aliphatic carbocycles. The molecular weight excluding hydrogens is 362 g/mol. The van der Waals surface area contributed by atoms with E-state index in [1.807, 2.05) is 48.5 Å². The number of hydrogen-bond donors (Lipinski definition) is 1. The van der Waals surface area contributed by atoms with E-state index in [0.29, 0.717) is 5.69 Å². The van der Waals surface area contributed by atoms with Crippen molar-refractivity contribution >= 4 is 16.8 Å². The number of aromatic nitrogens is 1. The van der Waals surface area contributed by atoms with Crippen molar-refractivity contribution in [3.8, 4) is 5.75 Å². The Balaban J connectivity index is 1.43. The molecule has 0 radical (unpaired) electrons. The first-order chi connectivity index (χ1) is 14.1. The van der Waals surface area contributed by atoms with Gasteiger partial charge in [0.1, 0.15) is 17.0 Å². The van der Waals surface area contributed by atoms with E-state index in [0.717, 1.165) is 54.6 Å². The number of fused-ring (bicyclic) bond motifs is 2. The number of para-hydroxylation sites is 2. The summed E-state index contributed by atoms with van der Waals surface area (Å²) >= 11 is 0. The molecule has 1 saturated heterocycles. The molecule has 0 unspecified atom stereocenters. The monoisotopic (exact) mass is 387 g/mol. The molecule has 1 amide bonds. The maximum Gasteiger partial charge on any atom is 0.270 e. The van der Waals surface area contributed by atoms with Crippen molar-refractivity contribution in [2.75, 3.05) is 20.1 Å². The van der Waals surface area contributed by atoms with Gasteiger partial charge in [0.05, 0.1) is 11.6 Å². The van der Waals surface area contributed by atoms with Gasteiger partial charge in [-0.2, -0.15) is 0 Å². The quantitative estimate of drug-likeness (QED) is 0.723. The smallest absolute Gasteiger partial charge is 0.270 e. The lowest BCUT2D eigenvalue weighted by molar-refractivity contribution is -0.0196. The molecule has 1 spiro atoms. The number of rotatable bonds is 2. The van der Waals surface area contributed by atoms with Gasteiger partial charge >= 0.3 is 0 Å². The summed E-state index contributed by atoms with van der Waals surface area (Å²) in [5.41, 5.74) is 2.12. The third-order valence-corrected chi connectivity index (χ3v) is 6.23. The number of benzene rings is 2. The predicted molar refractivity (Wildman–Crippen MR) is 113 cm³/mol. The number of pyridine rings is 1. The molecule has 1 atom stereocenters. The molecule has 5 rings (SSSR count). The van der Waals surface area contributed by atoms with E-state index < -0.39 is 0 Å². The summed E-state index contributed by atoms with van der Waals surface area (Å²) in [7, 11) is 2.15. The second kappa shape index (κ2) is 7.16. The van der Waals surface area contributed by atoms with Gasteiger partial charge < -0.3 is 15.0 Å². The van der Waals surface area contributed by atoms with Gasteiger partial charge in [-0.3, -0.25) is 4.79 Å². The summed E-state index contributed by atoms with van der Waals surface area (Å²) in [6, 6.07) is 19.6. The van der Waals surface area contributed by atoms with Crippen molar-refractivity contribution in [3.05, 3.63) is 71.9 Å². The predicted octanol–water partition coefficient (Wildman–Crippen LogP) is 3.95. The van der Waals surface area contributed by atoms with Crippen LogP contribution in [0.2, 0.25) is 0 Å². The minimum absolute atomic E-state index is 0.0795. The second-order valence-corrected chi connectivity index (χ2v) is 8.25. The highest BCUT2D eigenvalue weighted by atomic mass is 16.5. The lowest BCUT2D eigenvalue weighted by Crippen LogP contribution is -2.51. The zero-order valence-corrected chi connectivity index (χ0v) is 16.6. The van der Waals surface area contributed by atoms with Crippen LogP contribution in [0.1, 0.15) is 41.4 Å². The second-order valence-electron chi connectivity index (χ2n) is 8.25. The zero-order chi connectivity index (χ0) is 19.8. The summed E-state index contributed by atoms with van der Waals surface area (Å²) in [6.45, 7) is 2.02. The van der Waals surface area contributed by atoms with E-state index in [-0.39, 0.29) is 17.6 Å². The fourth-order valence-electron chi connectivity index (χ4n) is 4.50. The van der Waals surface area contributed by atoms with Gasteiger partial charge in [-0.25, -0.2) is 4.98 Å². The number of nitrogens with zero attached hydrogens (tertiary/aromatic N) is 2. The molecular formula is C24H25N3O2. The molecule has 29 heavy (non-hydrogen) atoms. The van der Waals surface area contributed by atoms with Gasteiger partial charge in [0, 0.05) is 30.5 Å². The van der Waals surface area contributed by atoms with Crippen LogP contribution >= 0.6 is 0 Å². The summed E-state index contributed by atoms with van der Waals surface area (Å²) in [5, 5.41) is 4.28. The Morgan fingerprint density at radius 2 is 1.83 bits per heavy atom. The van der Waals surface area contributed by atoms with Crippen LogP contribution in [0, 0.1) is 0 Å². The van der Waals surface area contributed by atoms with Crippen LogP contribution < -0.4 is 10.1 Å². The van der Waals surface area contributed by atoms with Crippen molar-refractivity contribution in [2.24, 2.45) is 0 Å². The SMILES string of the molecule is CN1CCC2(CC1)C[C@H](NC(=O)c1ccc3ccccc3n1)c1ccccc1O2. The van der Waals surface area contributed by atoms with Crippen molar-refractivity contribution in [2.45, 2.75) is 30.9 Å². The molecule has 1 aromatic heterocycles. The largest absolute Gasteiger partial charge is 0.487 e. The minimum Gasteiger partial charge on any atom is -0.487 e. The third kappa shape index (κ3) is 3.47. The van der Waals surface area contributed by atoms with E-state index in [9.17, 15) is 4.79 Å². The molecule has 1 N–H and O–H groups in total. The van der Waals surface area contributed by atoms with E-state index in [2.05, 4.69) is 28.3 Å². The van der Waals surface area contributed by atoms with Gasteiger partial charge in [-0.05, 0) is 38.1 Å². The standard InChI is InChI=1S/C24H25N3O2/c1-27-14-12-24(13-15-27)16-21(18-7-3-5-9-22(18)29-24)26-23(28)20-11-10-17-6-2-4-8-19(17)25-20/h2-11,21H,12-16H2,1H3,(H,26,28)/t21-/m0/s1. The molecule has 5 heteroatoms. The number of likely N-dealkylation sites (tertiary alicyclic amines) is 1. The lowest BCUT2D eigenvalue weighted by Gasteiger charge is -2.46. The van der Waals surface area contributed by atoms with Gasteiger partial charge in [0.15, 0.2) is 0 Å². The maximum atomic E-state index is 13.1. The molecule has 3 heterocycles. The van der Waals surface area contributed by atoms with Crippen LogP contribution in [-0.4, -0.2) is 41.5 Å². The van der Waals surface area contributed by atoms with Crippen LogP contribution in [0.5, 0.6) is 5.75 Å². The molecule has 2 aliphatic rings. The Bertz CT molecular complexity index is 1060. The first kappa shape index (κ1) is 18.1. The fraction of sp³-hybridized carbons (Fsp3) is 0.333. The first-order valence-corrected chi connectivity index (χ1v) is 10.3. The fourth-order valence-corrected chi connectivity index (χ4v) is 4.50. The minimum atomic E-state index is -0.213. The summed E-state index contributed by atoms with van der Waals surface area (Å²) in [5.74, 6) is 0.751. The summed E-state index contributed by atoms with van der Waals surface area (Å²) in [6.07, 6.45) is 2.73. The number of carbonyl (C=O) groups is 1. The number of carbonyl (C=O) groups excluding carboxylic acids is 1. The first-order valence-electron chi connectivity index (χ1n) is 10.3. The van der Waals surface area contributed by atoms with Crippen molar-refractivity contribution in [1.29, 1.82) is 0 Å². The third-order valence-electron chi connectivity index (χ3n) is 6.23. The van der Waals surface area contributed by atoms with E-state index in [1.165, 1.54) is 0 Å². The molecule has 2 aliphatic heterocycles. The maximum absolute atomic E-state index is 13.1. The average Bonchev–Trinajstić information content (AvgIpc) is 2.75. The van der Waals surface area contributed by atoms with Crippen LogP contribution in [0.25, 0.3) is 10.9 Å².